The van der Waals surface area contributed by atoms with E-state index in [0.717, 1.165) is 17.4 Å². The van der Waals surface area contributed by atoms with E-state index in [1.54, 1.807) is 42.5 Å². The normalized spacial score (nSPS) is 12.3. The van der Waals surface area contributed by atoms with Crippen molar-refractivity contribution in [3.63, 3.8) is 0 Å². The van der Waals surface area contributed by atoms with Gasteiger partial charge in [0.2, 0.25) is 10.0 Å². The molecule has 0 heterocycles. The molecule has 3 rings (SSSR count). The molecule has 0 spiro atoms. The molecular formula is C25H26Cl2N2O3S. The average Bonchev–Trinajstić information content (AvgIpc) is 2.73. The summed E-state index contributed by atoms with van der Waals surface area (Å²) in [6.45, 7) is 6.06. The topological polar surface area (TPSA) is 66.5 Å². The number of sulfonamides is 1. The van der Waals surface area contributed by atoms with Crippen LogP contribution in [0.4, 0.5) is 5.69 Å². The zero-order valence-electron chi connectivity index (χ0n) is 18.9. The summed E-state index contributed by atoms with van der Waals surface area (Å²) in [6.07, 6.45) is 1.11. The lowest BCUT2D eigenvalue weighted by Crippen LogP contribution is -2.30. The second-order valence-electron chi connectivity index (χ2n) is 8.09. The van der Waals surface area contributed by atoms with Gasteiger partial charge in [-0.1, -0.05) is 65.2 Å². The number of carbonyl (C=O) groups excluding carboxylic acids is 1. The maximum absolute atomic E-state index is 12.8. The number of halogens is 2. The van der Waals surface area contributed by atoms with Crippen molar-refractivity contribution in [3.8, 4) is 0 Å². The Kier molecular flexibility index (Phi) is 7.73. The highest BCUT2D eigenvalue weighted by atomic mass is 35.5. The lowest BCUT2D eigenvalue weighted by molar-refractivity contribution is 0.0940. The van der Waals surface area contributed by atoms with E-state index in [2.05, 4.69) is 11.4 Å². The summed E-state index contributed by atoms with van der Waals surface area (Å²) in [5.41, 5.74) is 4.85. The Morgan fingerprint density at radius 1 is 1.03 bits per heavy atom. The Labute approximate surface area is 205 Å². The van der Waals surface area contributed by atoms with Crippen LogP contribution in [0.15, 0.2) is 60.7 Å². The fourth-order valence-electron chi connectivity index (χ4n) is 3.66. The second kappa shape index (κ2) is 10.2. The molecule has 5 nitrogen and oxygen atoms in total. The minimum atomic E-state index is -3.62. The molecule has 1 atom stereocenters. The van der Waals surface area contributed by atoms with Crippen LogP contribution >= 0.6 is 23.2 Å². The molecule has 1 N–H and O–H groups in total. The summed E-state index contributed by atoms with van der Waals surface area (Å²) in [6, 6.07) is 17.7. The van der Waals surface area contributed by atoms with Gasteiger partial charge in [0.25, 0.3) is 5.91 Å². The van der Waals surface area contributed by atoms with E-state index in [9.17, 15) is 13.2 Å². The summed E-state index contributed by atoms with van der Waals surface area (Å²) in [7, 11) is -3.62. The Balaban J connectivity index is 1.77. The molecule has 0 aliphatic rings. The van der Waals surface area contributed by atoms with Crippen molar-refractivity contribution < 1.29 is 13.2 Å². The molecule has 174 valence electrons. The molecule has 1 amide bonds. The van der Waals surface area contributed by atoms with Gasteiger partial charge in [-0.05, 0) is 61.7 Å². The second-order valence-corrected chi connectivity index (χ2v) is 10.8. The zero-order valence-corrected chi connectivity index (χ0v) is 21.2. The van der Waals surface area contributed by atoms with Crippen LogP contribution in [0.5, 0.6) is 0 Å². The first-order chi connectivity index (χ1) is 15.5. The summed E-state index contributed by atoms with van der Waals surface area (Å²) in [5.74, 6) is -0.202. The van der Waals surface area contributed by atoms with Gasteiger partial charge in [-0.25, -0.2) is 8.42 Å². The summed E-state index contributed by atoms with van der Waals surface area (Å²) >= 11 is 12.3. The van der Waals surface area contributed by atoms with Gasteiger partial charge in [0.05, 0.1) is 34.6 Å². The van der Waals surface area contributed by atoms with E-state index >= 15 is 0 Å². The van der Waals surface area contributed by atoms with Gasteiger partial charge in [0.15, 0.2) is 0 Å². The summed E-state index contributed by atoms with van der Waals surface area (Å²) < 4.78 is 26.1. The monoisotopic (exact) mass is 504 g/mol. The van der Waals surface area contributed by atoms with Crippen LogP contribution in [0, 0.1) is 13.8 Å². The number of carbonyl (C=O) groups is 1. The Bertz CT molecular complexity index is 1280. The third kappa shape index (κ3) is 6.08. The molecule has 0 bridgehead atoms. The number of aryl methyl sites for hydroxylation is 2. The number of nitrogens with zero attached hydrogens (tertiary/aromatic N) is 1. The van der Waals surface area contributed by atoms with Gasteiger partial charge in [-0.15, -0.1) is 0 Å². The zero-order chi connectivity index (χ0) is 24.3. The van der Waals surface area contributed by atoms with Gasteiger partial charge in [-0.3, -0.25) is 9.10 Å². The van der Waals surface area contributed by atoms with Crippen LogP contribution in [0.1, 0.15) is 45.6 Å². The van der Waals surface area contributed by atoms with Crippen molar-refractivity contribution >= 4 is 44.8 Å². The Morgan fingerprint density at radius 2 is 1.70 bits per heavy atom. The fourth-order valence-corrected chi connectivity index (χ4v) is 5.00. The van der Waals surface area contributed by atoms with Crippen molar-refractivity contribution in [1.82, 2.24) is 5.32 Å². The lowest BCUT2D eigenvalue weighted by atomic mass is 10.00. The number of hydrogen-bond donors (Lipinski definition) is 1. The van der Waals surface area contributed by atoms with Crippen molar-refractivity contribution in [2.75, 3.05) is 10.6 Å². The predicted molar refractivity (Wildman–Crippen MR) is 136 cm³/mol. The largest absolute Gasteiger partial charge is 0.346 e. The van der Waals surface area contributed by atoms with E-state index < -0.39 is 10.0 Å². The van der Waals surface area contributed by atoms with Crippen LogP contribution in [0.2, 0.25) is 10.0 Å². The molecule has 0 fully saturated rings. The van der Waals surface area contributed by atoms with Crippen molar-refractivity contribution in [1.29, 1.82) is 0 Å². The number of anilines is 1. The molecule has 33 heavy (non-hydrogen) atoms. The van der Waals surface area contributed by atoms with Crippen molar-refractivity contribution in [2.45, 2.75) is 33.4 Å². The van der Waals surface area contributed by atoms with Gasteiger partial charge in [-0.2, -0.15) is 0 Å². The minimum absolute atomic E-state index is 0.0553. The van der Waals surface area contributed by atoms with Crippen molar-refractivity contribution in [3.05, 3.63) is 98.5 Å². The first-order valence-electron chi connectivity index (χ1n) is 10.4. The van der Waals surface area contributed by atoms with Gasteiger partial charge < -0.3 is 5.32 Å². The number of rotatable bonds is 7. The van der Waals surface area contributed by atoms with Gasteiger partial charge >= 0.3 is 0 Å². The maximum atomic E-state index is 12.8. The molecule has 3 aromatic carbocycles. The van der Waals surface area contributed by atoms with Crippen LogP contribution < -0.4 is 9.62 Å². The average molecular weight is 505 g/mol. The third-order valence-corrected chi connectivity index (χ3v) is 7.32. The highest BCUT2D eigenvalue weighted by Crippen LogP contribution is 2.34. The molecule has 8 heteroatoms. The number of hydrogen-bond acceptors (Lipinski definition) is 3. The molecule has 0 radical (unpaired) electrons. The highest BCUT2D eigenvalue weighted by Gasteiger charge is 2.22. The van der Waals surface area contributed by atoms with Gasteiger partial charge in [0.1, 0.15) is 0 Å². The van der Waals surface area contributed by atoms with E-state index in [1.807, 2.05) is 32.9 Å². The molecule has 0 aliphatic heterocycles. The van der Waals surface area contributed by atoms with Crippen LogP contribution in [-0.4, -0.2) is 20.6 Å². The fraction of sp³-hybridized carbons (Fsp3) is 0.240. The number of nitrogens with one attached hydrogen (secondary N) is 1. The first kappa shape index (κ1) is 25.1. The van der Waals surface area contributed by atoms with E-state index in [0.29, 0.717) is 16.8 Å². The molecule has 0 aliphatic carbocycles. The van der Waals surface area contributed by atoms with Gasteiger partial charge in [0, 0.05) is 5.56 Å². The Morgan fingerprint density at radius 3 is 2.30 bits per heavy atom. The van der Waals surface area contributed by atoms with E-state index in [1.165, 1.54) is 9.87 Å². The minimum Gasteiger partial charge on any atom is -0.346 e. The third-order valence-electron chi connectivity index (χ3n) is 5.38. The quantitative estimate of drug-likeness (QED) is 0.424. The molecule has 0 unspecified atom stereocenters. The summed E-state index contributed by atoms with van der Waals surface area (Å²) in [5, 5.41) is 3.46. The van der Waals surface area contributed by atoms with Crippen LogP contribution in [0.25, 0.3) is 0 Å². The van der Waals surface area contributed by atoms with E-state index in [4.69, 9.17) is 23.2 Å². The highest BCUT2D eigenvalue weighted by molar-refractivity contribution is 7.92. The SMILES string of the molecule is Cc1ccc([C@H](C)NC(=O)c2ccc(CN(c3cccc(Cl)c3Cl)S(C)(=O)=O)cc2)c(C)c1. The molecule has 3 aromatic rings. The van der Waals surface area contributed by atoms with E-state index in [-0.39, 0.29) is 28.5 Å². The molecule has 0 saturated carbocycles. The van der Waals surface area contributed by atoms with Crippen LogP contribution in [-0.2, 0) is 16.6 Å². The number of amides is 1. The Hall–Kier alpha value is -2.54. The number of benzene rings is 3. The lowest BCUT2D eigenvalue weighted by Gasteiger charge is -2.24. The standard InChI is InChI=1S/C25H26Cl2N2O3S/c1-16-8-13-21(17(2)14-16)18(3)28-25(30)20-11-9-19(10-12-20)15-29(33(4,31)32)23-7-5-6-22(26)24(23)27/h5-14,18H,15H2,1-4H3,(H,28,30)/t18-/m0/s1. The first-order valence-corrected chi connectivity index (χ1v) is 13.0. The van der Waals surface area contributed by atoms with Crippen LogP contribution in [0.3, 0.4) is 0 Å². The predicted octanol–water partition coefficient (Wildman–Crippen LogP) is 6.07. The molecular weight excluding hydrogens is 479 g/mol. The van der Waals surface area contributed by atoms with Crippen molar-refractivity contribution in [2.24, 2.45) is 0 Å². The molecule has 0 saturated heterocycles. The smallest absolute Gasteiger partial charge is 0.251 e. The summed E-state index contributed by atoms with van der Waals surface area (Å²) in [4.78, 5) is 12.8. The molecule has 0 aromatic heterocycles. The maximum Gasteiger partial charge on any atom is 0.251 e.